The average molecular weight is 1060 g/mol. The van der Waals surface area contributed by atoms with Crippen molar-refractivity contribution in [3.05, 3.63) is 180 Å². The molecule has 0 radical (unpaired) electrons. The Hall–Kier alpha value is -6.61. The van der Waals surface area contributed by atoms with Crippen LogP contribution in [-0.2, 0) is 16.2 Å². The van der Waals surface area contributed by atoms with Gasteiger partial charge in [-0.1, -0.05) is 152 Å². The SMILES string of the molecule is CC(C)(C)c1ccc(N(c2ccc([Si](C)(C)C)cc2)c2ccc3c(c2)oc2c4c(ccc23)-c2ccc3oc5cc(N(c6ccc(C(C)(C)C)cc6)c6ccc([Si](C)(C)C)cc6)ccc5c3c2C42C3CC4CC(C3)CC2C4)cc1. The van der Waals surface area contributed by atoms with Crippen LogP contribution >= 0.6 is 0 Å². The fourth-order valence-electron chi connectivity index (χ4n) is 15.5. The van der Waals surface area contributed by atoms with Crippen LogP contribution in [0, 0.1) is 23.7 Å². The monoisotopic (exact) mass is 1060 g/mol. The van der Waals surface area contributed by atoms with Gasteiger partial charge in [-0.05, 0) is 179 Å². The van der Waals surface area contributed by atoms with Crippen molar-refractivity contribution in [3.8, 4) is 11.1 Å². The van der Waals surface area contributed by atoms with Gasteiger partial charge in [0.15, 0.2) is 0 Å². The van der Waals surface area contributed by atoms with Crippen LogP contribution in [0.15, 0.2) is 167 Å². The Labute approximate surface area is 464 Å². The van der Waals surface area contributed by atoms with Gasteiger partial charge in [0.1, 0.15) is 22.3 Å². The van der Waals surface area contributed by atoms with Crippen molar-refractivity contribution in [2.75, 3.05) is 9.80 Å². The summed E-state index contributed by atoms with van der Waals surface area (Å²) in [7, 11) is -3.00. The first kappa shape index (κ1) is 49.7. The minimum Gasteiger partial charge on any atom is -0.456 e. The summed E-state index contributed by atoms with van der Waals surface area (Å²) in [4.78, 5) is 4.84. The van der Waals surface area contributed by atoms with Crippen molar-refractivity contribution in [2.45, 2.75) is 129 Å². The molecule has 8 aromatic carbocycles. The Kier molecular flexibility index (Phi) is 11.0. The van der Waals surface area contributed by atoms with Crippen molar-refractivity contribution in [3.63, 3.8) is 0 Å². The first-order valence-electron chi connectivity index (χ1n) is 29.2. The lowest BCUT2D eigenvalue weighted by molar-refractivity contribution is -0.0390. The normalized spacial score (nSPS) is 20.9. The van der Waals surface area contributed by atoms with E-state index in [1.165, 1.54) is 97.4 Å². The van der Waals surface area contributed by atoms with Crippen LogP contribution in [0.1, 0.15) is 95.9 Å². The molecule has 10 aromatic rings. The second kappa shape index (κ2) is 17.2. The van der Waals surface area contributed by atoms with E-state index in [4.69, 9.17) is 8.83 Å². The molecule has 2 aromatic heterocycles. The van der Waals surface area contributed by atoms with Crippen LogP contribution in [0.5, 0.6) is 0 Å². The summed E-state index contributed by atoms with van der Waals surface area (Å²) in [5, 5.41) is 7.85. The maximum atomic E-state index is 7.56. The summed E-state index contributed by atoms with van der Waals surface area (Å²) in [6.45, 7) is 28.3. The Morgan fingerprint density at radius 3 is 1.26 bits per heavy atom. The first-order valence-corrected chi connectivity index (χ1v) is 36.2. The van der Waals surface area contributed by atoms with Crippen molar-refractivity contribution in [2.24, 2.45) is 23.7 Å². The highest BCUT2D eigenvalue weighted by Crippen LogP contribution is 2.71. The Morgan fingerprint density at radius 1 is 0.397 bits per heavy atom. The van der Waals surface area contributed by atoms with Gasteiger partial charge < -0.3 is 18.6 Å². The molecule has 0 saturated heterocycles. The number of hydrogen-bond acceptors (Lipinski definition) is 4. The number of benzene rings is 8. The number of anilines is 6. The highest BCUT2D eigenvalue weighted by Gasteiger charge is 2.63. The van der Waals surface area contributed by atoms with E-state index < -0.39 is 16.1 Å². The standard InChI is InChI=1S/C72H76N2O2Si2/c1-70(2,3)46-13-17-50(18-14-46)73(52-21-27-56(28-22-52)77(7,8)9)54-25-31-58-61-34-33-60-59-35-36-63-66(67(59)72(68(60)69(61)76-64(58)42-54)48-38-44-37-45(40-48)41-49(72)39-44)62-32-26-55(43-65(62)75-63)74(51-19-15-47(16-20-51)71(4,5)6)53-23-29-57(30-24-53)78(10,11)12/h13-36,42-45,48-49H,37-41H2,1-12H3. The molecule has 0 unspecified atom stereocenters. The molecule has 0 aliphatic heterocycles. The van der Waals surface area contributed by atoms with Gasteiger partial charge in [0, 0.05) is 78.8 Å². The minimum atomic E-state index is -1.50. The predicted molar refractivity (Wildman–Crippen MR) is 337 cm³/mol. The molecule has 78 heavy (non-hydrogen) atoms. The molecule has 4 bridgehead atoms. The predicted octanol–water partition coefficient (Wildman–Crippen LogP) is 19.8. The molecule has 6 heteroatoms. The van der Waals surface area contributed by atoms with E-state index in [2.05, 4.69) is 248 Å². The molecule has 5 aliphatic carbocycles. The molecule has 0 amide bonds. The van der Waals surface area contributed by atoms with Gasteiger partial charge in [0.05, 0.1) is 16.1 Å². The second-order valence-corrected chi connectivity index (χ2v) is 38.5. The quantitative estimate of drug-likeness (QED) is 0.142. The average Bonchev–Trinajstić information content (AvgIpc) is 2.35. The van der Waals surface area contributed by atoms with E-state index in [0.717, 1.165) is 68.3 Å². The molecule has 1 spiro atoms. The number of rotatable bonds is 8. The topological polar surface area (TPSA) is 32.8 Å². The lowest BCUT2D eigenvalue weighted by atomic mass is 9.43. The number of nitrogens with zero attached hydrogens (tertiary/aromatic N) is 2. The Bertz CT molecular complexity index is 3860. The largest absolute Gasteiger partial charge is 0.456 e. The Balaban J connectivity index is 0.934. The smallest absolute Gasteiger partial charge is 0.140 e. The van der Waals surface area contributed by atoms with Gasteiger partial charge >= 0.3 is 0 Å². The summed E-state index contributed by atoms with van der Waals surface area (Å²) in [5.74, 6) is 2.68. The molecule has 4 saturated carbocycles. The van der Waals surface area contributed by atoms with Crippen LogP contribution in [0.25, 0.3) is 55.0 Å². The lowest BCUT2D eigenvalue weighted by Crippen LogP contribution is -2.55. The molecule has 4 fully saturated rings. The van der Waals surface area contributed by atoms with E-state index in [1.54, 1.807) is 0 Å². The van der Waals surface area contributed by atoms with E-state index in [9.17, 15) is 0 Å². The number of fused-ring (bicyclic) bond motifs is 11. The van der Waals surface area contributed by atoms with Gasteiger partial charge in [-0.25, -0.2) is 0 Å². The molecule has 15 rings (SSSR count). The van der Waals surface area contributed by atoms with Crippen LogP contribution in [-0.4, -0.2) is 16.1 Å². The third-order valence-corrected chi connectivity index (χ3v) is 23.4. The Morgan fingerprint density at radius 2 is 0.795 bits per heavy atom. The van der Waals surface area contributed by atoms with Gasteiger partial charge in [-0.3, -0.25) is 0 Å². The molecule has 0 N–H and O–H groups in total. The summed E-state index contributed by atoms with van der Waals surface area (Å²) in [6.07, 6.45) is 6.52. The van der Waals surface area contributed by atoms with Crippen LogP contribution in [0.3, 0.4) is 0 Å². The summed E-state index contributed by atoms with van der Waals surface area (Å²) < 4.78 is 14.8. The number of furan rings is 2. The van der Waals surface area contributed by atoms with Crippen LogP contribution in [0.4, 0.5) is 34.1 Å². The zero-order valence-corrected chi connectivity index (χ0v) is 50.1. The van der Waals surface area contributed by atoms with Gasteiger partial charge in [-0.15, -0.1) is 0 Å². The molecular weight excluding hydrogens is 981 g/mol. The maximum absolute atomic E-state index is 7.56. The van der Waals surface area contributed by atoms with Crippen LogP contribution < -0.4 is 20.2 Å². The third kappa shape index (κ3) is 7.69. The van der Waals surface area contributed by atoms with Crippen molar-refractivity contribution in [1.29, 1.82) is 0 Å². The zero-order valence-electron chi connectivity index (χ0n) is 48.1. The van der Waals surface area contributed by atoms with Gasteiger partial charge in [0.25, 0.3) is 0 Å². The lowest BCUT2D eigenvalue weighted by Gasteiger charge is -2.61. The third-order valence-electron chi connectivity index (χ3n) is 19.3. The van der Waals surface area contributed by atoms with Crippen molar-refractivity contribution >= 4 is 105 Å². The van der Waals surface area contributed by atoms with E-state index in [1.807, 2.05) is 0 Å². The fourth-order valence-corrected chi connectivity index (χ4v) is 17.8. The highest BCUT2D eigenvalue weighted by molar-refractivity contribution is 6.89. The summed E-state index contributed by atoms with van der Waals surface area (Å²) in [6, 6.07) is 60.7. The van der Waals surface area contributed by atoms with Crippen molar-refractivity contribution in [1.82, 2.24) is 0 Å². The second-order valence-electron chi connectivity index (χ2n) is 28.3. The van der Waals surface area contributed by atoms with Gasteiger partial charge in [0.2, 0.25) is 0 Å². The van der Waals surface area contributed by atoms with Gasteiger partial charge in [-0.2, -0.15) is 0 Å². The maximum Gasteiger partial charge on any atom is 0.140 e. The number of hydrogen-bond donors (Lipinski definition) is 0. The molecule has 0 atom stereocenters. The summed E-state index contributed by atoms with van der Waals surface area (Å²) >= 11 is 0. The molecule has 4 nitrogen and oxygen atoms in total. The zero-order chi connectivity index (χ0) is 54.0. The van der Waals surface area contributed by atoms with Crippen molar-refractivity contribution < 1.29 is 8.83 Å². The van der Waals surface area contributed by atoms with E-state index in [0.29, 0.717) is 11.8 Å². The molecule has 394 valence electrons. The first-order chi connectivity index (χ1) is 37.1. The summed E-state index contributed by atoms with van der Waals surface area (Å²) in [5.41, 5.74) is 19.0. The molecular formula is C72H76N2O2Si2. The van der Waals surface area contributed by atoms with E-state index in [-0.39, 0.29) is 16.2 Å². The van der Waals surface area contributed by atoms with Crippen LogP contribution in [0.2, 0.25) is 39.3 Å². The fraction of sp³-hybridized carbons (Fsp3) is 0.333. The molecule has 2 heterocycles. The molecule has 5 aliphatic rings. The highest BCUT2D eigenvalue weighted by atomic mass is 28.3. The minimum absolute atomic E-state index is 0.0617. The van der Waals surface area contributed by atoms with E-state index >= 15 is 0 Å².